The maximum atomic E-state index is 3.86. The summed E-state index contributed by atoms with van der Waals surface area (Å²) >= 11 is 0. The molecule has 1 heterocycles. The maximum Gasteiger partial charge on any atom is 0.00670 e. The van der Waals surface area contributed by atoms with Gasteiger partial charge in [0.15, 0.2) is 0 Å². The van der Waals surface area contributed by atoms with Crippen LogP contribution in [0.3, 0.4) is 0 Å². The van der Waals surface area contributed by atoms with Gasteiger partial charge in [-0.2, -0.15) is 0 Å². The van der Waals surface area contributed by atoms with Crippen LogP contribution in [0.1, 0.15) is 91.4 Å². The first-order chi connectivity index (χ1) is 9.69. The standard InChI is InChI=1S/C19H35N/c1-4-19-11-7-10-18(17-8-5-6-9-17)13-12-15(2)14-16(3)20-19/h15-16,19-20H,4-14H2,1-3H3. The van der Waals surface area contributed by atoms with E-state index in [-0.39, 0.29) is 0 Å². The van der Waals surface area contributed by atoms with Gasteiger partial charge in [-0.05, 0) is 83.5 Å². The van der Waals surface area contributed by atoms with Crippen LogP contribution in [0.15, 0.2) is 11.1 Å². The lowest BCUT2D eigenvalue weighted by Crippen LogP contribution is -2.36. The topological polar surface area (TPSA) is 12.0 Å². The van der Waals surface area contributed by atoms with Crippen LogP contribution in [0.4, 0.5) is 0 Å². The fourth-order valence-electron chi connectivity index (χ4n) is 4.21. The van der Waals surface area contributed by atoms with E-state index in [1.54, 1.807) is 0 Å². The smallest absolute Gasteiger partial charge is 0.00670 e. The number of rotatable bonds is 1. The van der Waals surface area contributed by atoms with Crippen LogP contribution in [-0.4, -0.2) is 12.1 Å². The van der Waals surface area contributed by atoms with Gasteiger partial charge in [-0.3, -0.25) is 0 Å². The average Bonchev–Trinajstić information content (AvgIpc) is 2.93. The summed E-state index contributed by atoms with van der Waals surface area (Å²) in [7, 11) is 0. The molecule has 2 rings (SSSR count). The van der Waals surface area contributed by atoms with Crippen molar-refractivity contribution in [1.82, 2.24) is 5.32 Å². The summed E-state index contributed by atoms with van der Waals surface area (Å²) in [6.07, 6.45) is 15.3. The van der Waals surface area contributed by atoms with Gasteiger partial charge < -0.3 is 5.32 Å². The van der Waals surface area contributed by atoms with E-state index in [1.807, 2.05) is 11.1 Å². The summed E-state index contributed by atoms with van der Waals surface area (Å²) in [4.78, 5) is 0. The summed E-state index contributed by atoms with van der Waals surface area (Å²) in [6, 6.07) is 1.43. The molecule has 0 bridgehead atoms. The van der Waals surface area contributed by atoms with E-state index >= 15 is 0 Å². The van der Waals surface area contributed by atoms with E-state index in [2.05, 4.69) is 26.1 Å². The molecule has 1 aliphatic heterocycles. The molecule has 3 atom stereocenters. The van der Waals surface area contributed by atoms with Crippen LogP contribution in [0.5, 0.6) is 0 Å². The normalized spacial score (nSPS) is 34.0. The maximum absolute atomic E-state index is 3.86. The van der Waals surface area contributed by atoms with Crippen LogP contribution >= 0.6 is 0 Å². The second-order valence-electron chi connectivity index (χ2n) is 7.36. The van der Waals surface area contributed by atoms with Crippen LogP contribution in [0, 0.1) is 5.92 Å². The van der Waals surface area contributed by atoms with Crippen LogP contribution in [0.25, 0.3) is 0 Å². The molecule has 1 N–H and O–H groups in total. The molecule has 20 heavy (non-hydrogen) atoms. The molecule has 1 saturated carbocycles. The van der Waals surface area contributed by atoms with Crippen molar-refractivity contribution >= 4 is 0 Å². The van der Waals surface area contributed by atoms with Crippen LogP contribution in [0.2, 0.25) is 0 Å². The number of nitrogens with one attached hydrogen (secondary N) is 1. The zero-order chi connectivity index (χ0) is 14.4. The fourth-order valence-corrected chi connectivity index (χ4v) is 4.21. The van der Waals surface area contributed by atoms with Gasteiger partial charge in [0, 0.05) is 12.1 Å². The second-order valence-corrected chi connectivity index (χ2v) is 7.36. The van der Waals surface area contributed by atoms with Gasteiger partial charge in [0.05, 0.1) is 0 Å². The highest BCUT2D eigenvalue weighted by Gasteiger charge is 2.18. The molecular weight excluding hydrogens is 242 g/mol. The Bertz CT molecular complexity index is 310. The number of hydrogen-bond acceptors (Lipinski definition) is 1. The molecule has 1 heteroatoms. The highest BCUT2D eigenvalue weighted by atomic mass is 14.9. The molecule has 116 valence electrons. The Kier molecular flexibility index (Phi) is 6.61. The molecule has 1 nitrogen and oxygen atoms in total. The highest BCUT2D eigenvalue weighted by molar-refractivity contribution is 5.17. The molecule has 3 unspecified atom stereocenters. The first kappa shape index (κ1) is 16.1. The predicted octanol–water partition coefficient (Wildman–Crippen LogP) is 5.60. The van der Waals surface area contributed by atoms with E-state index in [0.29, 0.717) is 6.04 Å². The van der Waals surface area contributed by atoms with E-state index in [0.717, 1.165) is 12.0 Å². The van der Waals surface area contributed by atoms with Crippen molar-refractivity contribution in [3.05, 3.63) is 11.1 Å². The lowest BCUT2D eigenvalue weighted by atomic mass is 9.91. The Morgan fingerprint density at radius 2 is 1.55 bits per heavy atom. The summed E-state index contributed by atoms with van der Waals surface area (Å²) < 4.78 is 0. The molecule has 0 aromatic rings. The van der Waals surface area contributed by atoms with Gasteiger partial charge in [-0.15, -0.1) is 0 Å². The largest absolute Gasteiger partial charge is 0.312 e. The molecule has 0 spiro atoms. The molecule has 1 aliphatic carbocycles. The Balaban J connectivity index is 2.02. The summed E-state index contributed by atoms with van der Waals surface area (Å²) in [5.74, 6) is 0.866. The SMILES string of the molecule is CCC1CCCC(=C2CCCC2)CCC(C)CC(C)N1. The monoisotopic (exact) mass is 277 g/mol. The Labute approximate surface area is 126 Å². The molecule has 0 aromatic heterocycles. The van der Waals surface area contributed by atoms with E-state index in [1.165, 1.54) is 70.6 Å². The van der Waals surface area contributed by atoms with E-state index in [4.69, 9.17) is 0 Å². The lowest BCUT2D eigenvalue weighted by molar-refractivity contribution is 0.354. The van der Waals surface area contributed by atoms with Gasteiger partial charge in [-0.25, -0.2) is 0 Å². The molecule has 0 radical (unpaired) electrons. The number of hydrogen-bond donors (Lipinski definition) is 1. The predicted molar refractivity (Wildman–Crippen MR) is 89.0 cm³/mol. The Hall–Kier alpha value is -0.300. The molecular formula is C19H35N. The Morgan fingerprint density at radius 1 is 0.900 bits per heavy atom. The van der Waals surface area contributed by atoms with Gasteiger partial charge in [-0.1, -0.05) is 25.0 Å². The van der Waals surface area contributed by atoms with Crippen LogP contribution in [-0.2, 0) is 0 Å². The van der Waals surface area contributed by atoms with Gasteiger partial charge >= 0.3 is 0 Å². The first-order valence-corrected chi connectivity index (χ1v) is 9.14. The van der Waals surface area contributed by atoms with Gasteiger partial charge in [0.1, 0.15) is 0 Å². The molecule has 0 aromatic carbocycles. The van der Waals surface area contributed by atoms with Crippen molar-refractivity contribution in [2.75, 3.05) is 0 Å². The lowest BCUT2D eigenvalue weighted by Gasteiger charge is -2.23. The molecule has 1 saturated heterocycles. The quantitative estimate of drug-likeness (QED) is 0.615. The minimum absolute atomic E-state index is 0.690. The number of allylic oxidation sites excluding steroid dienone is 2. The summed E-state index contributed by atoms with van der Waals surface area (Å²) in [6.45, 7) is 7.17. The van der Waals surface area contributed by atoms with E-state index < -0.39 is 0 Å². The summed E-state index contributed by atoms with van der Waals surface area (Å²) in [5.41, 5.74) is 3.71. The average molecular weight is 277 g/mol. The third-order valence-corrected chi connectivity index (χ3v) is 5.45. The second kappa shape index (κ2) is 8.22. The van der Waals surface area contributed by atoms with Crippen molar-refractivity contribution < 1.29 is 0 Å². The molecule has 2 fully saturated rings. The van der Waals surface area contributed by atoms with Crippen molar-refractivity contribution in [1.29, 1.82) is 0 Å². The Morgan fingerprint density at radius 3 is 2.25 bits per heavy atom. The van der Waals surface area contributed by atoms with Crippen molar-refractivity contribution in [2.24, 2.45) is 5.92 Å². The van der Waals surface area contributed by atoms with Crippen molar-refractivity contribution in [3.8, 4) is 0 Å². The van der Waals surface area contributed by atoms with E-state index in [9.17, 15) is 0 Å². The third-order valence-electron chi connectivity index (χ3n) is 5.45. The van der Waals surface area contributed by atoms with Crippen molar-refractivity contribution in [2.45, 2.75) is 103 Å². The van der Waals surface area contributed by atoms with Gasteiger partial charge in [0.25, 0.3) is 0 Å². The third kappa shape index (κ3) is 4.91. The summed E-state index contributed by atoms with van der Waals surface area (Å²) in [5, 5.41) is 3.86. The zero-order valence-electron chi connectivity index (χ0n) is 14.0. The molecule has 0 amide bonds. The minimum Gasteiger partial charge on any atom is -0.312 e. The highest BCUT2D eigenvalue weighted by Crippen LogP contribution is 2.33. The first-order valence-electron chi connectivity index (χ1n) is 9.14. The molecule has 2 aliphatic rings. The van der Waals surface area contributed by atoms with Crippen molar-refractivity contribution in [3.63, 3.8) is 0 Å². The van der Waals surface area contributed by atoms with Crippen LogP contribution < -0.4 is 5.32 Å². The zero-order valence-corrected chi connectivity index (χ0v) is 14.0. The van der Waals surface area contributed by atoms with Gasteiger partial charge in [0.2, 0.25) is 0 Å². The fraction of sp³-hybridized carbons (Fsp3) is 0.895. The minimum atomic E-state index is 0.690.